The van der Waals surface area contributed by atoms with Crippen LogP contribution in [0.5, 0.6) is 0 Å². The summed E-state index contributed by atoms with van der Waals surface area (Å²) in [6.07, 6.45) is 3.21. The van der Waals surface area contributed by atoms with Crippen LogP contribution in [-0.2, 0) is 6.42 Å². The lowest BCUT2D eigenvalue weighted by atomic mass is 9.98. The molecule has 0 unspecified atom stereocenters. The molecule has 4 nitrogen and oxygen atoms in total. The molecule has 1 saturated heterocycles. The van der Waals surface area contributed by atoms with Crippen LogP contribution in [0.4, 0.5) is 0 Å². The number of aromatic nitrogens is 2. The largest absolute Gasteiger partial charge is 0.333 e. The van der Waals surface area contributed by atoms with E-state index < -0.39 is 0 Å². The maximum atomic E-state index is 5.43. The second kappa shape index (κ2) is 5.20. The van der Waals surface area contributed by atoms with Crippen molar-refractivity contribution in [2.75, 3.05) is 13.1 Å². The molecule has 3 heterocycles. The van der Waals surface area contributed by atoms with Gasteiger partial charge in [-0.2, -0.15) is 4.98 Å². The standard InChI is InChI=1S/C13H17N3OS/c1-2-9-5-8-18-11(9)13-15-12(16-17-13)10-3-6-14-7-4-10/h5,8,10,14H,2-4,6-7H2,1H3. The zero-order chi connectivity index (χ0) is 12.4. The summed E-state index contributed by atoms with van der Waals surface area (Å²) in [5.41, 5.74) is 1.29. The van der Waals surface area contributed by atoms with Gasteiger partial charge >= 0.3 is 0 Å². The molecule has 0 spiro atoms. The van der Waals surface area contributed by atoms with Crippen molar-refractivity contribution >= 4 is 11.3 Å². The van der Waals surface area contributed by atoms with E-state index in [-0.39, 0.29) is 0 Å². The minimum absolute atomic E-state index is 0.453. The average molecular weight is 263 g/mol. The number of thiophene rings is 1. The van der Waals surface area contributed by atoms with Gasteiger partial charge in [0, 0.05) is 5.92 Å². The third-order valence-electron chi connectivity index (χ3n) is 3.47. The van der Waals surface area contributed by atoms with Gasteiger partial charge in [0.25, 0.3) is 5.89 Å². The molecule has 1 N–H and O–H groups in total. The zero-order valence-corrected chi connectivity index (χ0v) is 11.3. The van der Waals surface area contributed by atoms with E-state index in [0.717, 1.165) is 43.1 Å². The highest BCUT2D eigenvalue weighted by atomic mass is 32.1. The van der Waals surface area contributed by atoms with Gasteiger partial charge in [0.05, 0.1) is 4.88 Å². The molecule has 5 heteroatoms. The van der Waals surface area contributed by atoms with Gasteiger partial charge in [-0.1, -0.05) is 12.1 Å². The van der Waals surface area contributed by atoms with E-state index in [1.807, 2.05) is 0 Å². The minimum atomic E-state index is 0.453. The number of rotatable bonds is 3. The fourth-order valence-corrected chi connectivity index (χ4v) is 3.29. The van der Waals surface area contributed by atoms with Crippen LogP contribution in [0.25, 0.3) is 10.8 Å². The second-order valence-electron chi connectivity index (χ2n) is 4.61. The highest BCUT2D eigenvalue weighted by Crippen LogP contribution is 2.31. The average Bonchev–Trinajstić information content (AvgIpc) is 3.08. The minimum Gasteiger partial charge on any atom is -0.333 e. The van der Waals surface area contributed by atoms with Crippen LogP contribution in [0.15, 0.2) is 16.0 Å². The Balaban J connectivity index is 1.84. The molecule has 1 fully saturated rings. The van der Waals surface area contributed by atoms with Gasteiger partial charge in [-0.15, -0.1) is 11.3 Å². The van der Waals surface area contributed by atoms with Gasteiger partial charge in [-0.05, 0) is 49.4 Å². The SMILES string of the molecule is CCc1ccsc1-c1nc(C2CCNCC2)no1. The number of hydrogen-bond donors (Lipinski definition) is 1. The van der Waals surface area contributed by atoms with Crippen LogP contribution in [0, 0.1) is 0 Å². The first-order valence-corrected chi connectivity index (χ1v) is 7.37. The van der Waals surface area contributed by atoms with Crippen molar-refractivity contribution in [3.8, 4) is 10.8 Å². The predicted octanol–water partition coefficient (Wildman–Crippen LogP) is 2.83. The lowest BCUT2D eigenvalue weighted by Gasteiger charge is -2.18. The van der Waals surface area contributed by atoms with Crippen LogP contribution >= 0.6 is 11.3 Å². The van der Waals surface area contributed by atoms with Crippen molar-refractivity contribution in [3.63, 3.8) is 0 Å². The highest BCUT2D eigenvalue weighted by molar-refractivity contribution is 7.13. The third kappa shape index (κ3) is 2.20. The molecule has 0 atom stereocenters. The Hall–Kier alpha value is -1.20. The van der Waals surface area contributed by atoms with Crippen molar-refractivity contribution in [1.82, 2.24) is 15.5 Å². The molecule has 3 rings (SSSR count). The second-order valence-corrected chi connectivity index (χ2v) is 5.53. The van der Waals surface area contributed by atoms with Gasteiger partial charge in [-0.3, -0.25) is 0 Å². The van der Waals surface area contributed by atoms with Crippen molar-refractivity contribution in [2.24, 2.45) is 0 Å². The summed E-state index contributed by atoms with van der Waals surface area (Å²) < 4.78 is 5.43. The van der Waals surface area contributed by atoms with Crippen LogP contribution in [0.3, 0.4) is 0 Å². The van der Waals surface area contributed by atoms with E-state index >= 15 is 0 Å². The summed E-state index contributed by atoms with van der Waals surface area (Å²) in [7, 11) is 0. The molecule has 0 amide bonds. The summed E-state index contributed by atoms with van der Waals surface area (Å²) in [4.78, 5) is 5.72. The number of aryl methyl sites for hydroxylation is 1. The molecule has 1 aliphatic heterocycles. The van der Waals surface area contributed by atoms with Crippen LogP contribution in [0.1, 0.15) is 37.1 Å². The highest BCUT2D eigenvalue weighted by Gasteiger charge is 2.22. The summed E-state index contributed by atoms with van der Waals surface area (Å²) >= 11 is 1.68. The molecule has 2 aromatic heterocycles. The molecule has 96 valence electrons. The first kappa shape index (κ1) is 11.9. The lowest BCUT2D eigenvalue weighted by molar-refractivity contribution is 0.392. The van der Waals surface area contributed by atoms with Gasteiger partial charge in [0.15, 0.2) is 5.82 Å². The molecule has 18 heavy (non-hydrogen) atoms. The molecule has 0 saturated carbocycles. The number of hydrogen-bond acceptors (Lipinski definition) is 5. The Labute approximate surface area is 110 Å². The maximum Gasteiger partial charge on any atom is 0.268 e. The van der Waals surface area contributed by atoms with E-state index in [1.54, 1.807) is 11.3 Å². The van der Waals surface area contributed by atoms with Gasteiger partial charge < -0.3 is 9.84 Å². The number of nitrogens with one attached hydrogen (secondary N) is 1. The van der Waals surface area contributed by atoms with E-state index in [9.17, 15) is 0 Å². The lowest BCUT2D eigenvalue weighted by Crippen LogP contribution is -2.27. The smallest absolute Gasteiger partial charge is 0.268 e. The van der Waals surface area contributed by atoms with Crippen molar-refractivity contribution in [3.05, 3.63) is 22.8 Å². The third-order valence-corrected chi connectivity index (χ3v) is 4.41. The predicted molar refractivity (Wildman–Crippen MR) is 71.8 cm³/mol. The molecule has 0 aliphatic carbocycles. The zero-order valence-electron chi connectivity index (χ0n) is 10.5. The van der Waals surface area contributed by atoms with Crippen molar-refractivity contribution < 1.29 is 4.52 Å². The first-order valence-electron chi connectivity index (χ1n) is 6.49. The van der Waals surface area contributed by atoms with E-state index in [1.165, 1.54) is 5.56 Å². The normalized spacial score (nSPS) is 17.2. The summed E-state index contributed by atoms with van der Waals surface area (Å²) in [5, 5.41) is 9.60. The number of piperidine rings is 1. The van der Waals surface area contributed by atoms with Gasteiger partial charge in [0.2, 0.25) is 0 Å². The maximum absolute atomic E-state index is 5.43. The fraction of sp³-hybridized carbons (Fsp3) is 0.538. The molecule has 0 bridgehead atoms. The molecule has 2 aromatic rings. The molecule has 1 aliphatic rings. The Kier molecular flexibility index (Phi) is 3.43. The molecule has 0 aromatic carbocycles. The summed E-state index contributed by atoms with van der Waals surface area (Å²) in [6.45, 7) is 4.25. The van der Waals surface area contributed by atoms with Gasteiger partial charge in [0.1, 0.15) is 0 Å². The van der Waals surface area contributed by atoms with E-state index in [2.05, 4.69) is 33.8 Å². The van der Waals surface area contributed by atoms with Crippen molar-refractivity contribution in [1.29, 1.82) is 0 Å². The summed E-state index contributed by atoms with van der Waals surface area (Å²) in [6, 6.07) is 2.13. The first-order chi connectivity index (χ1) is 8.88. The topological polar surface area (TPSA) is 51.0 Å². The monoisotopic (exact) mass is 263 g/mol. The Morgan fingerprint density at radius 2 is 2.28 bits per heavy atom. The van der Waals surface area contributed by atoms with E-state index in [4.69, 9.17) is 4.52 Å². The van der Waals surface area contributed by atoms with Crippen LogP contribution in [0.2, 0.25) is 0 Å². The van der Waals surface area contributed by atoms with Crippen LogP contribution in [-0.4, -0.2) is 23.2 Å². The van der Waals surface area contributed by atoms with E-state index in [0.29, 0.717) is 11.8 Å². The summed E-state index contributed by atoms with van der Waals surface area (Å²) in [5.74, 6) is 2.02. The molecular weight excluding hydrogens is 246 g/mol. The van der Waals surface area contributed by atoms with Crippen molar-refractivity contribution in [2.45, 2.75) is 32.1 Å². The molecule has 0 radical (unpaired) electrons. The Bertz CT molecular complexity index is 514. The fourth-order valence-electron chi connectivity index (χ4n) is 2.37. The number of nitrogens with zero attached hydrogens (tertiary/aromatic N) is 2. The quantitative estimate of drug-likeness (QED) is 0.925. The Morgan fingerprint density at radius 1 is 1.44 bits per heavy atom. The van der Waals surface area contributed by atoms with Gasteiger partial charge in [-0.25, -0.2) is 0 Å². The molecular formula is C13H17N3OS. The Morgan fingerprint density at radius 3 is 3.06 bits per heavy atom. The van der Waals surface area contributed by atoms with Crippen LogP contribution < -0.4 is 5.32 Å².